The van der Waals surface area contributed by atoms with E-state index in [9.17, 15) is 0 Å². The van der Waals surface area contributed by atoms with E-state index in [2.05, 4.69) is 149 Å². The standard InChI is InChI=1S/C59H35N5O/c1-4-18-37(19-5-1)57-60-58(38-20-6-2-7-21-38)62-59(61-57)46-28-16-30-49-51(46)45-33-32-40(35-50(45)65-49)64-47-29-15-14-27-44(47)52-42-25-12-13-26-43(42)54-53-41-24-11-10-17-36(41)31-34-48(53)63(56(54)55(52)64)39-22-8-3-9-23-39/h1-35H. The van der Waals surface area contributed by atoms with E-state index in [1.165, 1.54) is 48.6 Å². The highest BCUT2D eigenvalue weighted by atomic mass is 16.3. The Morgan fingerprint density at radius 3 is 1.65 bits per heavy atom. The van der Waals surface area contributed by atoms with Gasteiger partial charge in [0, 0.05) is 60.8 Å². The average Bonchev–Trinajstić information content (AvgIpc) is 4.05. The lowest BCUT2D eigenvalue weighted by Gasteiger charge is -2.14. The van der Waals surface area contributed by atoms with Crippen LogP contribution in [-0.2, 0) is 0 Å². The summed E-state index contributed by atoms with van der Waals surface area (Å²) in [6, 6.07) is 74.9. The quantitative estimate of drug-likeness (QED) is 0.173. The molecule has 0 atom stereocenters. The summed E-state index contributed by atoms with van der Waals surface area (Å²) in [5.74, 6) is 1.83. The van der Waals surface area contributed by atoms with Gasteiger partial charge in [0.05, 0.1) is 27.8 Å². The van der Waals surface area contributed by atoms with Gasteiger partial charge in [0.15, 0.2) is 17.5 Å². The molecule has 302 valence electrons. The van der Waals surface area contributed by atoms with E-state index in [0.29, 0.717) is 17.5 Å². The summed E-state index contributed by atoms with van der Waals surface area (Å²) >= 11 is 0. The van der Waals surface area contributed by atoms with Crippen LogP contribution in [0, 0.1) is 0 Å². The summed E-state index contributed by atoms with van der Waals surface area (Å²) in [7, 11) is 0. The highest BCUT2D eigenvalue weighted by Crippen LogP contribution is 2.48. The molecule has 0 aliphatic carbocycles. The fourth-order valence-electron chi connectivity index (χ4n) is 10.4. The number of nitrogens with zero attached hydrogens (tertiary/aromatic N) is 5. The zero-order chi connectivity index (χ0) is 42.6. The monoisotopic (exact) mass is 829 g/mol. The molecule has 0 fully saturated rings. The van der Waals surface area contributed by atoms with E-state index < -0.39 is 0 Å². The molecule has 14 aromatic rings. The van der Waals surface area contributed by atoms with Gasteiger partial charge in [-0.3, -0.25) is 0 Å². The van der Waals surface area contributed by atoms with Crippen molar-refractivity contribution in [2.24, 2.45) is 0 Å². The van der Waals surface area contributed by atoms with Crippen LogP contribution in [0.3, 0.4) is 0 Å². The molecule has 0 saturated heterocycles. The number of benzene rings is 10. The normalized spacial score (nSPS) is 12.0. The van der Waals surface area contributed by atoms with Crippen molar-refractivity contribution in [2.75, 3.05) is 0 Å². The Morgan fingerprint density at radius 1 is 0.323 bits per heavy atom. The Bertz CT molecular complexity index is 4170. The molecule has 0 N–H and O–H groups in total. The van der Waals surface area contributed by atoms with Crippen LogP contribution in [-0.4, -0.2) is 24.1 Å². The Kier molecular flexibility index (Phi) is 7.59. The summed E-state index contributed by atoms with van der Waals surface area (Å²) in [5, 5.41) is 11.8. The highest BCUT2D eigenvalue weighted by Gasteiger charge is 2.26. The first-order chi connectivity index (χ1) is 32.3. The van der Waals surface area contributed by atoms with Gasteiger partial charge in [0.1, 0.15) is 11.2 Å². The Morgan fingerprint density at radius 2 is 0.908 bits per heavy atom. The second-order valence-corrected chi connectivity index (χ2v) is 16.7. The first kappa shape index (κ1) is 35.7. The van der Waals surface area contributed by atoms with E-state index in [1.807, 2.05) is 72.8 Å². The molecule has 0 aliphatic heterocycles. The summed E-state index contributed by atoms with van der Waals surface area (Å²) in [4.78, 5) is 15.2. The molecule has 0 saturated carbocycles. The van der Waals surface area contributed by atoms with Gasteiger partial charge in [-0.1, -0.05) is 164 Å². The Labute approximate surface area is 371 Å². The molecule has 0 radical (unpaired) electrons. The zero-order valence-electron chi connectivity index (χ0n) is 34.9. The summed E-state index contributed by atoms with van der Waals surface area (Å²) in [6.07, 6.45) is 0. The third-order valence-corrected chi connectivity index (χ3v) is 13.1. The van der Waals surface area contributed by atoms with E-state index in [-0.39, 0.29) is 0 Å². The Balaban J connectivity index is 1.08. The fourth-order valence-corrected chi connectivity index (χ4v) is 10.4. The van der Waals surface area contributed by atoms with Gasteiger partial charge in [-0.25, -0.2) is 15.0 Å². The maximum atomic E-state index is 6.86. The second kappa shape index (κ2) is 13.8. The van der Waals surface area contributed by atoms with Crippen molar-refractivity contribution in [1.82, 2.24) is 24.1 Å². The van der Waals surface area contributed by atoms with Crippen LogP contribution in [0.4, 0.5) is 0 Å². The van der Waals surface area contributed by atoms with Crippen LogP contribution in [0.25, 0.3) is 133 Å². The molecule has 4 heterocycles. The van der Waals surface area contributed by atoms with Gasteiger partial charge in [-0.05, 0) is 64.0 Å². The average molecular weight is 830 g/mol. The first-order valence-electron chi connectivity index (χ1n) is 21.9. The van der Waals surface area contributed by atoms with Gasteiger partial charge in [-0.15, -0.1) is 0 Å². The third kappa shape index (κ3) is 5.25. The number of hydrogen-bond donors (Lipinski definition) is 0. The molecule has 0 aliphatic rings. The highest BCUT2D eigenvalue weighted by molar-refractivity contribution is 6.39. The molecule has 65 heavy (non-hydrogen) atoms. The molecule has 14 rings (SSSR count). The third-order valence-electron chi connectivity index (χ3n) is 13.1. The van der Waals surface area contributed by atoms with Crippen molar-refractivity contribution < 1.29 is 4.42 Å². The van der Waals surface area contributed by atoms with Crippen molar-refractivity contribution in [1.29, 1.82) is 0 Å². The molecule has 0 spiro atoms. The van der Waals surface area contributed by atoms with E-state index in [4.69, 9.17) is 19.4 Å². The molecular formula is C59H35N5O. The van der Waals surface area contributed by atoms with Crippen LogP contribution in [0.1, 0.15) is 0 Å². The minimum atomic E-state index is 0.591. The summed E-state index contributed by atoms with van der Waals surface area (Å²) in [6.45, 7) is 0. The van der Waals surface area contributed by atoms with Crippen LogP contribution < -0.4 is 0 Å². The molecule has 4 aromatic heterocycles. The van der Waals surface area contributed by atoms with Crippen molar-refractivity contribution in [3.05, 3.63) is 212 Å². The zero-order valence-corrected chi connectivity index (χ0v) is 34.9. The first-order valence-corrected chi connectivity index (χ1v) is 21.9. The van der Waals surface area contributed by atoms with Crippen molar-refractivity contribution in [2.45, 2.75) is 0 Å². The fraction of sp³-hybridized carbons (Fsp3) is 0. The number of hydrogen-bond acceptors (Lipinski definition) is 4. The SMILES string of the molecule is c1ccc(-c2nc(-c3ccccc3)nc(-c3cccc4oc5cc(-n6c7ccccc7c7c8ccccc8c8c9c%10ccccc%10ccc9n(-c9ccccc9)c8c76)ccc5c34)n2)cc1. The minimum absolute atomic E-state index is 0.591. The maximum Gasteiger partial charge on any atom is 0.164 e. The van der Waals surface area contributed by atoms with Crippen LogP contribution >= 0.6 is 0 Å². The molecule has 6 heteroatoms. The second-order valence-electron chi connectivity index (χ2n) is 16.7. The summed E-state index contributed by atoms with van der Waals surface area (Å²) in [5.41, 5.74) is 11.0. The largest absolute Gasteiger partial charge is 0.456 e. The number of fused-ring (bicyclic) bond motifs is 15. The lowest BCUT2D eigenvalue weighted by atomic mass is 9.96. The van der Waals surface area contributed by atoms with Gasteiger partial charge < -0.3 is 13.6 Å². The number of aromatic nitrogens is 5. The molecule has 0 amide bonds. The smallest absolute Gasteiger partial charge is 0.164 e. The van der Waals surface area contributed by atoms with E-state index in [1.54, 1.807) is 0 Å². The van der Waals surface area contributed by atoms with Gasteiger partial charge >= 0.3 is 0 Å². The molecular weight excluding hydrogens is 795 g/mol. The van der Waals surface area contributed by atoms with E-state index >= 15 is 0 Å². The predicted molar refractivity (Wildman–Crippen MR) is 267 cm³/mol. The van der Waals surface area contributed by atoms with Crippen LogP contribution in [0.2, 0.25) is 0 Å². The number of para-hydroxylation sites is 2. The molecule has 0 unspecified atom stereocenters. The van der Waals surface area contributed by atoms with Crippen molar-refractivity contribution in [3.63, 3.8) is 0 Å². The molecule has 6 nitrogen and oxygen atoms in total. The van der Waals surface area contributed by atoms with Gasteiger partial charge in [0.2, 0.25) is 0 Å². The topological polar surface area (TPSA) is 61.7 Å². The van der Waals surface area contributed by atoms with Gasteiger partial charge in [-0.2, -0.15) is 0 Å². The molecule has 10 aromatic carbocycles. The predicted octanol–water partition coefficient (Wildman–Crippen LogP) is 15.3. The lowest BCUT2D eigenvalue weighted by Crippen LogP contribution is -2.00. The number of rotatable bonds is 5. The maximum absolute atomic E-state index is 6.86. The lowest BCUT2D eigenvalue weighted by molar-refractivity contribution is 0.668. The Hall–Kier alpha value is -8.87. The van der Waals surface area contributed by atoms with Gasteiger partial charge in [0.25, 0.3) is 0 Å². The van der Waals surface area contributed by atoms with Crippen molar-refractivity contribution in [3.8, 4) is 45.5 Å². The van der Waals surface area contributed by atoms with Crippen LogP contribution in [0.15, 0.2) is 217 Å². The van der Waals surface area contributed by atoms with Crippen LogP contribution in [0.5, 0.6) is 0 Å². The van der Waals surface area contributed by atoms with Crippen molar-refractivity contribution >= 4 is 87.1 Å². The van der Waals surface area contributed by atoms with E-state index in [0.717, 1.165) is 66.6 Å². The molecule has 0 bridgehead atoms. The number of furan rings is 1. The summed E-state index contributed by atoms with van der Waals surface area (Å²) < 4.78 is 11.8. The minimum Gasteiger partial charge on any atom is -0.456 e.